The topological polar surface area (TPSA) is 75.4 Å². The highest BCUT2D eigenvalue weighted by Crippen LogP contribution is 1.98. The van der Waals surface area contributed by atoms with Crippen molar-refractivity contribution in [3.05, 3.63) is 0 Å². The third kappa shape index (κ3) is 4.97. The summed E-state index contributed by atoms with van der Waals surface area (Å²) in [5, 5.41) is 10.7. The molecule has 4 nitrogen and oxygen atoms in total. The molecule has 6 heteroatoms. The maximum Gasteiger partial charge on any atom is 0.265 e. The third-order valence-corrected chi connectivity index (χ3v) is 1.17. The van der Waals surface area contributed by atoms with Gasteiger partial charge in [-0.3, -0.25) is 4.79 Å². The second kappa shape index (κ2) is 5.84. The first-order chi connectivity index (χ1) is 5.57. The Bertz CT molecular complexity index is 144. The summed E-state index contributed by atoms with van der Waals surface area (Å²) in [6.45, 7) is -0.271. The zero-order chi connectivity index (χ0) is 9.56. The number of carbonyl (C=O) groups excluding carboxylic acids is 1. The summed E-state index contributed by atoms with van der Waals surface area (Å²) >= 11 is 0. The van der Waals surface area contributed by atoms with Gasteiger partial charge in [-0.2, -0.15) is 0 Å². The van der Waals surface area contributed by atoms with Gasteiger partial charge in [0.25, 0.3) is 6.43 Å². The summed E-state index contributed by atoms with van der Waals surface area (Å²) in [6.07, 6.45) is -4.55. The second-order valence-electron chi connectivity index (χ2n) is 2.24. The number of nitrogens with one attached hydrogen (secondary N) is 1. The number of hydrogen-bond acceptors (Lipinski definition) is 3. The Morgan fingerprint density at radius 1 is 1.58 bits per heavy atom. The van der Waals surface area contributed by atoms with Crippen LogP contribution in [0.1, 0.15) is 6.42 Å². The Morgan fingerprint density at radius 3 is 2.58 bits per heavy atom. The van der Waals surface area contributed by atoms with Crippen LogP contribution in [-0.4, -0.2) is 36.6 Å². The van der Waals surface area contributed by atoms with Crippen molar-refractivity contribution in [2.45, 2.75) is 19.0 Å². The fourth-order valence-electron chi connectivity index (χ4n) is 0.527. The van der Waals surface area contributed by atoms with Crippen molar-refractivity contribution < 1.29 is 18.7 Å². The number of nitrogens with two attached hydrogens (primary N) is 1. The molecule has 0 aromatic heterocycles. The number of rotatable bonds is 5. The van der Waals surface area contributed by atoms with Gasteiger partial charge >= 0.3 is 0 Å². The Balaban J connectivity index is 3.47. The van der Waals surface area contributed by atoms with E-state index in [0.29, 0.717) is 0 Å². The smallest absolute Gasteiger partial charge is 0.265 e. The fraction of sp³-hybridized carbons (Fsp3) is 0.833. The number of aliphatic hydroxyl groups excluding tert-OH is 1. The first kappa shape index (κ1) is 11.2. The second-order valence-corrected chi connectivity index (χ2v) is 2.24. The van der Waals surface area contributed by atoms with Crippen molar-refractivity contribution in [3.63, 3.8) is 0 Å². The maximum absolute atomic E-state index is 11.6. The zero-order valence-electron chi connectivity index (χ0n) is 6.46. The van der Waals surface area contributed by atoms with Crippen molar-refractivity contribution in [1.82, 2.24) is 5.32 Å². The monoisotopic (exact) mass is 182 g/mol. The van der Waals surface area contributed by atoms with Crippen LogP contribution >= 0.6 is 0 Å². The van der Waals surface area contributed by atoms with Crippen LogP contribution in [0.25, 0.3) is 0 Å². The minimum Gasteiger partial charge on any atom is -0.385 e. The van der Waals surface area contributed by atoms with Gasteiger partial charge in [-0.15, -0.1) is 0 Å². The third-order valence-electron chi connectivity index (χ3n) is 1.17. The molecule has 0 aliphatic carbocycles. The van der Waals surface area contributed by atoms with Crippen LogP contribution in [0, 0.1) is 0 Å². The molecule has 72 valence electrons. The average molecular weight is 182 g/mol. The van der Waals surface area contributed by atoms with E-state index in [1.54, 1.807) is 0 Å². The van der Waals surface area contributed by atoms with Gasteiger partial charge < -0.3 is 16.2 Å². The van der Waals surface area contributed by atoms with E-state index in [9.17, 15) is 13.6 Å². The van der Waals surface area contributed by atoms with E-state index in [4.69, 9.17) is 10.8 Å². The molecule has 0 heterocycles. The first-order valence-corrected chi connectivity index (χ1v) is 3.51. The number of carbonyl (C=O) groups is 1. The summed E-state index contributed by atoms with van der Waals surface area (Å²) in [4.78, 5) is 10.6. The van der Waals surface area contributed by atoms with Crippen molar-refractivity contribution in [2.75, 3.05) is 13.1 Å². The molecule has 0 fully saturated rings. The van der Waals surface area contributed by atoms with Crippen molar-refractivity contribution in [3.8, 4) is 0 Å². The van der Waals surface area contributed by atoms with E-state index in [1.807, 2.05) is 0 Å². The minimum absolute atomic E-state index is 0.0793. The van der Waals surface area contributed by atoms with Crippen LogP contribution in [0.4, 0.5) is 8.78 Å². The van der Waals surface area contributed by atoms with Crippen LogP contribution in [0.3, 0.4) is 0 Å². The minimum atomic E-state index is -2.83. The van der Waals surface area contributed by atoms with Gasteiger partial charge in [0.05, 0.1) is 0 Å². The van der Waals surface area contributed by atoms with Gasteiger partial charge in [0.15, 0.2) is 0 Å². The molecule has 0 aromatic carbocycles. The molecule has 12 heavy (non-hydrogen) atoms. The molecule has 1 amide bonds. The SMILES string of the molecule is NCCC(=O)NCC(O)C(F)F. The van der Waals surface area contributed by atoms with Crippen LogP contribution in [0.15, 0.2) is 0 Å². The lowest BCUT2D eigenvalue weighted by Crippen LogP contribution is -2.36. The van der Waals surface area contributed by atoms with Gasteiger partial charge in [-0.1, -0.05) is 0 Å². The standard InChI is InChI=1S/C6H12F2N2O2/c7-6(8)4(11)3-10-5(12)1-2-9/h4,6,11H,1-3,9H2,(H,10,12). The Hall–Kier alpha value is -0.750. The highest BCUT2D eigenvalue weighted by molar-refractivity contribution is 5.76. The molecule has 0 aliphatic heterocycles. The summed E-state index contributed by atoms with van der Waals surface area (Å²) in [6, 6.07) is 0. The van der Waals surface area contributed by atoms with E-state index in [2.05, 4.69) is 5.32 Å². The van der Waals surface area contributed by atoms with E-state index >= 15 is 0 Å². The van der Waals surface area contributed by atoms with Gasteiger partial charge in [0, 0.05) is 19.5 Å². The molecule has 1 unspecified atom stereocenters. The van der Waals surface area contributed by atoms with E-state index in [1.165, 1.54) is 0 Å². The van der Waals surface area contributed by atoms with Gasteiger partial charge in [-0.25, -0.2) is 8.78 Å². The zero-order valence-corrected chi connectivity index (χ0v) is 6.46. The van der Waals surface area contributed by atoms with Crippen molar-refractivity contribution in [1.29, 1.82) is 0 Å². The van der Waals surface area contributed by atoms with Gasteiger partial charge in [0.2, 0.25) is 5.91 Å². The highest BCUT2D eigenvalue weighted by atomic mass is 19.3. The maximum atomic E-state index is 11.6. The molecule has 0 saturated heterocycles. The van der Waals surface area contributed by atoms with Gasteiger partial charge in [-0.05, 0) is 0 Å². The van der Waals surface area contributed by atoms with Crippen molar-refractivity contribution in [2.24, 2.45) is 5.73 Å². The van der Waals surface area contributed by atoms with E-state index in [-0.39, 0.29) is 13.0 Å². The Kier molecular flexibility index (Phi) is 5.48. The summed E-state index contributed by atoms with van der Waals surface area (Å²) < 4.78 is 23.3. The largest absolute Gasteiger partial charge is 0.385 e. The molecular formula is C6H12F2N2O2. The lowest BCUT2D eigenvalue weighted by molar-refractivity contribution is -0.121. The van der Waals surface area contributed by atoms with Crippen LogP contribution in [0.2, 0.25) is 0 Å². The average Bonchev–Trinajstić information content (AvgIpc) is 2.00. The Morgan fingerprint density at radius 2 is 2.17 bits per heavy atom. The molecule has 0 aromatic rings. The predicted molar refractivity (Wildman–Crippen MR) is 38.7 cm³/mol. The molecule has 0 spiro atoms. The lowest BCUT2D eigenvalue weighted by atomic mass is 10.3. The van der Waals surface area contributed by atoms with Gasteiger partial charge in [0.1, 0.15) is 6.10 Å². The van der Waals surface area contributed by atoms with Crippen LogP contribution in [-0.2, 0) is 4.79 Å². The first-order valence-electron chi connectivity index (χ1n) is 3.51. The normalized spacial score (nSPS) is 13.1. The molecular weight excluding hydrogens is 170 g/mol. The van der Waals surface area contributed by atoms with E-state index < -0.39 is 25.0 Å². The lowest BCUT2D eigenvalue weighted by Gasteiger charge is -2.09. The fourth-order valence-corrected chi connectivity index (χ4v) is 0.527. The number of amides is 1. The Labute approximate surface area is 68.7 Å². The van der Waals surface area contributed by atoms with Crippen LogP contribution in [0.5, 0.6) is 0 Å². The number of hydrogen-bond donors (Lipinski definition) is 3. The summed E-state index contributed by atoms with van der Waals surface area (Å²) in [5.74, 6) is -0.433. The van der Waals surface area contributed by atoms with E-state index in [0.717, 1.165) is 0 Å². The van der Waals surface area contributed by atoms with Crippen molar-refractivity contribution >= 4 is 5.91 Å². The molecule has 0 bridgehead atoms. The number of aliphatic hydroxyl groups is 1. The van der Waals surface area contributed by atoms with Crippen LogP contribution < -0.4 is 11.1 Å². The predicted octanol–water partition coefficient (Wildman–Crippen LogP) is -0.923. The molecule has 1 atom stereocenters. The molecule has 0 aliphatic rings. The summed E-state index contributed by atoms with van der Waals surface area (Å²) in [7, 11) is 0. The highest BCUT2D eigenvalue weighted by Gasteiger charge is 2.16. The number of halogens is 2. The molecule has 0 saturated carbocycles. The summed E-state index contributed by atoms with van der Waals surface area (Å²) in [5.41, 5.74) is 5.02. The quantitative estimate of drug-likeness (QED) is 0.514. The molecule has 0 radical (unpaired) electrons. The molecule has 0 rings (SSSR count). The number of alkyl halides is 2. The molecule has 4 N–H and O–H groups in total.